The van der Waals surface area contributed by atoms with Crippen LogP contribution in [0.1, 0.15) is 12.5 Å². The molecule has 0 aromatic heterocycles. The fourth-order valence-electron chi connectivity index (χ4n) is 2.03. The van der Waals surface area contributed by atoms with Crippen LogP contribution < -0.4 is 5.32 Å². The Morgan fingerprint density at radius 3 is 2.78 bits per heavy atom. The molecule has 2 unspecified atom stereocenters. The van der Waals surface area contributed by atoms with Crippen molar-refractivity contribution in [2.75, 3.05) is 26.4 Å². The Labute approximate surface area is 113 Å². The first-order valence-corrected chi connectivity index (χ1v) is 6.79. The van der Waals surface area contributed by atoms with Crippen molar-refractivity contribution in [2.24, 2.45) is 0 Å². The van der Waals surface area contributed by atoms with Crippen LogP contribution in [-0.2, 0) is 15.9 Å². The standard InChI is InChI=1S/C14H20ClNO2/c1-11(8-12-2-4-13(15)5-3-12)16-9-14-10-17-6-7-18-14/h2-5,11,14,16H,6-10H2,1H3. The zero-order chi connectivity index (χ0) is 12.8. The number of hydrogen-bond donors (Lipinski definition) is 1. The Kier molecular flexibility index (Phi) is 5.45. The highest BCUT2D eigenvalue weighted by molar-refractivity contribution is 6.30. The van der Waals surface area contributed by atoms with Crippen molar-refractivity contribution in [3.63, 3.8) is 0 Å². The number of rotatable bonds is 5. The maximum absolute atomic E-state index is 5.86. The molecule has 0 radical (unpaired) electrons. The Hall–Kier alpha value is -0.610. The molecular formula is C14H20ClNO2. The van der Waals surface area contributed by atoms with Crippen molar-refractivity contribution >= 4 is 11.6 Å². The monoisotopic (exact) mass is 269 g/mol. The van der Waals surface area contributed by atoms with E-state index in [0.717, 1.165) is 24.6 Å². The summed E-state index contributed by atoms with van der Waals surface area (Å²) in [6.45, 7) is 5.14. The Morgan fingerprint density at radius 1 is 1.33 bits per heavy atom. The summed E-state index contributed by atoms with van der Waals surface area (Å²) < 4.78 is 11.0. The number of benzene rings is 1. The summed E-state index contributed by atoms with van der Waals surface area (Å²) in [5, 5.41) is 4.26. The molecule has 0 saturated carbocycles. The van der Waals surface area contributed by atoms with Gasteiger partial charge in [-0.3, -0.25) is 0 Å². The lowest BCUT2D eigenvalue weighted by Crippen LogP contribution is -2.41. The smallest absolute Gasteiger partial charge is 0.0933 e. The van der Waals surface area contributed by atoms with E-state index in [4.69, 9.17) is 21.1 Å². The van der Waals surface area contributed by atoms with Gasteiger partial charge in [-0.05, 0) is 31.0 Å². The van der Waals surface area contributed by atoms with Crippen LogP contribution in [0.4, 0.5) is 0 Å². The largest absolute Gasteiger partial charge is 0.376 e. The SMILES string of the molecule is CC(Cc1ccc(Cl)cc1)NCC1COCCO1. The predicted molar refractivity (Wildman–Crippen MR) is 73.2 cm³/mol. The minimum absolute atomic E-state index is 0.186. The number of hydrogen-bond acceptors (Lipinski definition) is 3. The molecule has 1 heterocycles. The van der Waals surface area contributed by atoms with Crippen molar-refractivity contribution < 1.29 is 9.47 Å². The van der Waals surface area contributed by atoms with Gasteiger partial charge in [-0.2, -0.15) is 0 Å². The van der Waals surface area contributed by atoms with E-state index >= 15 is 0 Å². The van der Waals surface area contributed by atoms with Crippen molar-refractivity contribution in [3.05, 3.63) is 34.9 Å². The van der Waals surface area contributed by atoms with Crippen LogP contribution in [0.15, 0.2) is 24.3 Å². The summed E-state index contributed by atoms with van der Waals surface area (Å²) >= 11 is 5.86. The second-order valence-electron chi connectivity index (χ2n) is 4.71. The van der Waals surface area contributed by atoms with Gasteiger partial charge in [-0.1, -0.05) is 23.7 Å². The van der Waals surface area contributed by atoms with Gasteiger partial charge in [0.05, 0.1) is 25.9 Å². The fraction of sp³-hybridized carbons (Fsp3) is 0.571. The summed E-state index contributed by atoms with van der Waals surface area (Å²) in [4.78, 5) is 0. The summed E-state index contributed by atoms with van der Waals surface area (Å²) in [6, 6.07) is 8.42. The number of nitrogens with one attached hydrogen (secondary N) is 1. The van der Waals surface area contributed by atoms with Gasteiger partial charge in [-0.15, -0.1) is 0 Å². The van der Waals surface area contributed by atoms with E-state index in [1.807, 2.05) is 12.1 Å². The predicted octanol–water partition coefficient (Wildman–Crippen LogP) is 2.28. The number of halogens is 1. The molecule has 2 atom stereocenters. The van der Waals surface area contributed by atoms with Crippen molar-refractivity contribution in [1.29, 1.82) is 0 Å². The van der Waals surface area contributed by atoms with Gasteiger partial charge >= 0.3 is 0 Å². The van der Waals surface area contributed by atoms with E-state index in [1.165, 1.54) is 5.56 Å². The average Bonchev–Trinajstić information content (AvgIpc) is 2.40. The second-order valence-corrected chi connectivity index (χ2v) is 5.14. The third-order valence-corrected chi connectivity index (χ3v) is 3.29. The zero-order valence-electron chi connectivity index (χ0n) is 10.7. The number of ether oxygens (including phenoxy) is 2. The molecule has 18 heavy (non-hydrogen) atoms. The molecule has 0 bridgehead atoms. The highest BCUT2D eigenvalue weighted by Crippen LogP contribution is 2.11. The zero-order valence-corrected chi connectivity index (χ0v) is 11.5. The molecule has 1 saturated heterocycles. The first kappa shape index (κ1) is 13.8. The highest BCUT2D eigenvalue weighted by Gasteiger charge is 2.14. The minimum atomic E-state index is 0.186. The molecule has 1 aliphatic rings. The summed E-state index contributed by atoms with van der Waals surface area (Å²) in [5.74, 6) is 0. The lowest BCUT2D eigenvalue weighted by atomic mass is 10.1. The van der Waals surface area contributed by atoms with Crippen LogP contribution in [-0.4, -0.2) is 38.5 Å². The van der Waals surface area contributed by atoms with Crippen LogP contribution >= 0.6 is 11.6 Å². The van der Waals surface area contributed by atoms with E-state index in [0.29, 0.717) is 19.3 Å². The van der Waals surface area contributed by atoms with E-state index in [-0.39, 0.29) is 6.10 Å². The van der Waals surface area contributed by atoms with Gasteiger partial charge in [-0.25, -0.2) is 0 Å². The molecule has 1 fully saturated rings. The van der Waals surface area contributed by atoms with E-state index in [1.54, 1.807) is 0 Å². The van der Waals surface area contributed by atoms with Gasteiger partial charge in [0, 0.05) is 17.6 Å². The summed E-state index contributed by atoms with van der Waals surface area (Å²) in [6.07, 6.45) is 1.18. The van der Waals surface area contributed by atoms with Crippen molar-refractivity contribution in [1.82, 2.24) is 5.32 Å². The fourth-order valence-corrected chi connectivity index (χ4v) is 2.16. The van der Waals surface area contributed by atoms with Crippen molar-refractivity contribution in [2.45, 2.75) is 25.5 Å². The van der Waals surface area contributed by atoms with Gasteiger partial charge in [0.2, 0.25) is 0 Å². The van der Waals surface area contributed by atoms with Crippen LogP contribution in [0.25, 0.3) is 0 Å². The molecule has 1 aliphatic heterocycles. The summed E-state index contributed by atoms with van der Waals surface area (Å²) in [7, 11) is 0. The molecule has 3 nitrogen and oxygen atoms in total. The van der Waals surface area contributed by atoms with E-state index in [2.05, 4.69) is 24.4 Å². The topological polar surface area (TPSA) is 30.5 Å². The Balaban J connectivity index is 1.71. The van der Waals surface area contributed by atoms with Crippen LogP contribution in [0, 0.1) is 0 Å². The lowest BCUT2D eigenvalue weighted by Gasteiger charge is -2.25. The maximum atomic E-state index is 5.86. The maximum Gasteiger partial charge on any atom is 0.0933 e. The Bertz CT molecular complexity index is 349. The molecule has 0 spiro atoms. The molecule has 1 aromatic carbocycles. The molecule has 0 amide bonds. The minimum Gasteiger partial charge on any atom is -0.376 e. The van der Waals surface area contributed by atoms with Crippen LogP contribution in [0.5, 0.6) is 0 Å². The van der Waals surface area contributed by atoms with Crippen molar-refractivity contribution in [3.8, 4) is 0 Å². The lowest BCUT2D eigenvalue weighted by molar-refractivity contribution is -0.0869. The third kappa shape index (κ3) is 4.58. The molecule has 4 heteroatoms. The second kappa shape index (κ2) is 7.10. The molecular weight excluding hydrogens is 250 g/mol. The third-order valence-electron chi connectivity index (χ3n) is 3.03. The average molecular weight is 270 g/mol. The first-order chi connectivity index (χ1) is 8.74. The molecule has 100 valence electrons. The molecule has 1 aromatic rings. The highest BCUT2D eigenvalue weighted by atomic mass is 35.5. The molecule has 0 aliphatic carbocycles. The van der Waals surface area contributed by atoms with E-state index in [9.17, 15) is 0 Å². The molecule has 2 rings (SSSR count). The van der Waals surface area contributed by atoms with Gasteiger partial charge in [0.1, 0.15) is 0 Å². The normalized spacial score (nSPS) is 21.8. The van der Waals surface area contributed by atoms with E-state index < -0.39 is 0 Å². The van der Waals surface area contributed by atoms with Crippen LogP contribution in [0.2, 0.25) is 5.02 Å². The molecule has 1 N–H and O–H groups in total. The quantitative estimate of drug-likeness (QED) is 0.890. The van der Waals surface area contributed by atoms with Gasteiger partial charge in [0.15, 0.2) is 0 Å². The Morgan fingerprint density at radius 2 is 2.11 bits per heavy atom. The van der Waals surface area contributed by atoms with Gasteiger partial charge < -0.3 is 14.8 Å². The first-order valence-electron chi connectivity index (χ1n) is 6.41. The van der Waals surface area contributed by atoms with Crippen LogP contribution in [0.3, 0.4) is 0 Å². The summed E-state index contributed by atoms with van der Waals surface area (Å²) in [5.41, 5.74) is 1.29. The van der Waals surface area contributed by atoms with Gasteiger partial charge in [0.25, 0.3) is 0 Å².